The van der Waals surface area contributed by atoms with Gasteiger partial charge in [-0.15, -0.1) is 0 Å². The van der Waals surface area contributed by atoms with Crippen molar-refractivity contribution < 1.29 is 18.7 Å². The minimum atomic E-state index is -0.944. The molecule has 5 aromatic rings. The zero-order valence-corrected chi connectivity index (χ0v) is 19.4. The first kappa shape index (κ1) is 22.0. The van der Waals surface area contributed by atoms with Crippen molar-refractivity contribution >= 4 is 17.2 Å². The first-order chi connectivity index (χ1) is 17.5. The van der Waals surface area contributed by atoms with E-state index in [2.05, 4.69) is 9.97 Å². The van der Waals surface area contributed by atoms with Gasteiger partial charge in [0, 0.05) is 35.5 Å². The molecule has 36 heavy (non-hydrogen) atoms. The first-order valence-electron chi connectivity index (χ1n) is 11.6. The Morgan fingerprint density at radius 1 is 1.06 bits per heavy atom. The minimum absolute atomic E-state index is 0.123. The summed E-state index contributed by atoms with van der Waals surface area (Å²) in [5.41, 5.74) is 4.09. The molecule has 1 N–H and O–H groups in total. The normalized spacial score (nSPS) is 17.7. The van der Waals surface area contributed by atoms with Crippen LogP contribution in [-0.4, -0.2) is 48.4 Å². The Bertz CT molecular complexity index is 1560. The molecular formula is C27H22FN5O3. The Kier molecular flexibility index (Phi) is 5.25. The van der Waals surface area contributed by atoms with E-state index in [-0.39, 0.29) is 17.9 Å². The fourth-order valence-corrected chi connectivity index (χ4v) is 4.85. The number of nitrogens with zero attached hydrogens (tertiary/aromatic N) is 5. The van der Waals surface area contributed by atoms with Crippen LogP contribution in [0.5, 0.6) is 0 Å². The van der Waals surface area contributed by atoms with Crippen molar-refractivity contribution in [1.29, 1.82) is 0 Å². The Morgan fingerprint density at radius 3 is 2.56 bits per heavy atom. The highest BCUT2D eigenvalue weighted by atomic mass is 19.1. The van der Waals surface area contributed by atoms with Crippen LogP contribution in [0.25, 0.3) is 44.9 Å². The summed E-state index contributed by atoms with van der Waals surface area (Å²) in [6, 6.07) is 17.5. The maximum atomic E-state index is 13.7. The van der Waals surface area contributed by atoms with Gasteiger partial charge in [-0.25, -0.2) is 19.2 Å². The van der Waals surface area contributed by atoms with Gasteiger partial charge in [0.15, 0.2) is 0 Å². The third-order valence-electron chi connectivity index (χ3n) is 6.66. The summed E-state index contributed by atoms with van der Waals surface area (Å²) in [6.45, 7) is 2.23. The summed E-state index contributed by atoms with van der Waals surface area (Å²) in [6.07, 6.45) is 3.03. The van der Waals surface area contributed by atoms with Crippen molar-refractivity contribution in [2.45, 2.75) is 25.4 Å². The molecule has 1 saturated heterocycles. The molecule has 2 atom stereocenters. The van der Waals surface area contributed by atoms with Crippen LogP contribution in [0, 0.1) is 5.82 Å². The van der Waals surface area contributed by atoms with Crippen molar-refractivity contribution in [3.05, 3.63) is 79.0 Å². The van der Waals surface area contributed by atoms with Crippen LogP contribution in [0.2, 0.25) is 0 Å². The second-order valence-corrected chi connectivity index (χ2v) is 8.97. The predicted octanol–water partition coefficient (Wildman–Crippen LogP) is 5.87. The lowest BCUT2D eigenvalue weighted by molar-refractivity contribution is 0.142. The van der Waals surface area contributed by atoms with Gasteiger partial charge < -0.3 is 14.4 Å². The Labute approximate surface area is 205 Å². The zero-order chi connectivity index (χ0) is 24.8. The molecule has 0 unspecified atom stereocenters. The summed E-state index contributed by atoms with van der Waals surface area (Å²) < 4.78 is 21.5. The van der Waals surface area contributed by atoms with Crippen molar-refractivity contribution in [3.8, 4) is 33.8 Å². The van der Waals surface area contributed by atoms with Crippen LogP contribution in [0.15, 0.2) is 77.6 Å². The average molecular weight is 484 g/mol. The summed E-state index contributed by atoms with van der Waals surface area (Å²) in [5.74, 6) is 0.331. The van der Waals surface area contributed by atoms with Crippen molar-refractivity contribution in [2.24, 2.45) is 0 Å². The zero-order valence-electron chi connectivity index (χ0n) is 19.4. The molecule has 0 saturated carbocycles. The van der Waals surface area contributed by atoms with E-state index in [0.717, 1.165) is 22.1 Å². The number of rotatable bonds is 4. The van der Waals surface area contributed by atoms with Gasteiger partial charge in [0.25, 0.3) is 0 Å². The maximum absolute atomic E-state index is 13.7. The molecule has 4 heterocycles. The van der Waals surface area contributed by atoms with Gasteiger partial charge in [0.2, 0.25) is 5.71 Å². The van der Waals surface area contributed by atoms with E-state index in [0.29, 0.717) is 35.8 Å². The number of fused-ring (bicyclic) bond motifs is 1. The number of carboxylic acid groups (broad SMARTS) is 1. The molecule has 1 amide bonds. The standard InChI is InChI=1S/C27H22FN5O3/c1-16-11-20(13-32(16)27(34)35)33-14-22(24(31-33)18-7-9-19(28)10-8-18)25-21-12-23(17-5-3-2-4-6-17)36-26(21)30-15-29-25/h2-10,12,14-16,20H,11,13H2,1H3,(H,34,35)/t16-,20-/m1/s1. The van der Waals surface area contributed by atoms with E-state index in [1.54, 1.807) is 16.8 Å². The predicted molar refractivity (Wildman–Crippen MR) is 132 cm³/mol. The second kappa shape index (κ2) is 8.60. The molecule has 8 nitrogen and oxygen atoms in total. The van der Waals surface area contributed by atoms with Crippen LogP contribution >= 0.6 is 0 Å². The highest BCUT2D eigenvalue weighted by Crippen LogP contribution is 2.38. The minimum Gasteiger partial charge on any atom is -0.465 e. The fourth-order valence-electron chi connectivity index (χ4n) is 4.85. The Balaban J connectivity index is 1.50. The van der Waals surface area contributed by atoms with Crippen LogP contribution in [0.3, 0.4) is 0 Å². The van der Waals surface area contributed by atoms with Gasteiger partial charge in [-0.3, -0.25) is 4.68 Å². The highest BCUT2D eigenvalue weighted by Gasteiger charge is 2.34. The third-order valence-corrected chi connectivity index (χ3v) is 6.66. The largest absolute Gasteiger partial charge is 0.465 e. The molecule has 1 aliphatic rings. The number of amides is 1. The lowest BCUT2D eigenvalue weighted by Crippen LogP contribution is -2.32. The number of carbonyl (C=O) groups is 1. The molecule has 9 heteroatoms. The summed E-state index contributed by atoms with van der Waals surface area (Å²) in [4.78, 5) is 22.0. The summed E-state index contributed by atoms with van der Waals surface area (Å²) >= 11 is 0. The number of halogens is 1. The molecule has 0 radical (unpaired) electrons. The van der Waals surface area contributed by atoms with Crippen LogP contribution < -0.4 is 0 Å². The van der Waals surface area contributed by atoms with Crippen molar-refractivity contribution in [2.75, 3.05) is 6.54 Å². The lowest BCUT2D eigenvalue weighted by atomic mass is 10.0. The van der Waals surface area contributed by atoms with E-state index in [1.165, 1.54) is 23.4 Å². The number of furan rings is 1. The van der Waals surface area contributed by atoms with E-state index in [9.17, 15) is 14.3 Å². The number of likely N-dealkylation sites (tertiary alicyclic amines) is 1. The molecule has 6 rings (SSSR count). The van der Waals surface area contributed by atoms with Gasteiger partial charge in [0.05, 0.1) is 17.1 Å². The molecule has 0 bridgehead atoms. The van der Waals surface area contributed by atoms with Crippen LogP contribution in [-0.2, 0) is 0 Å². The third kappa shape index (κ3) is 3.78. The van der Waals surface area contributed by atoms with Gasteiger partial charge in [-0.05, 0) is 43.7 Å². The highest BCUT2D eigenvalue weighted by molar-refractivity contribution is 5.95. The quantitative estimate of drug-likeness (QED) is 0.343. The summed E-state index contributed by atoms with van der Waals surface area (Å²) in [7, 11) is 0. The fraction of sp³-hybridized carbons (Fsp3) is 0.185. The second-order valence-electron chi connectivity index (χ2n) is 8.97. The monoisotopic (exact) mass is 483 g/mol. The number of hydrogen-bond donors (Lipinski definition) is 1. The molecule has 1 fully saturated rings. The van der Waals surface area contributed by atoms with E-state index < -0.39 is 6.09 Å². The summed E-state index contributed by atoms with van der Waals surface area (Å²) in [5, 5.41) is 15.1. The van der Waals surface area contributed by atoms with Crippen LogP contribution in [0.1, 0.15) is 19.4 Å². The number of hydrogen-bond acceptors (Lipinski definition) is 5. The topological polar surface area (TPSA) is 97.3 Å². The molecular weight excluding hydrogens is 461 g/mol. The SMILES string of the molecule is C[C@@H]1C[C@@H](n2cc(-c3ncnc4oc(-c5ccccc5)cc34)c(-c3ccc(F)cc3)n2)CN1C(=O)O. The Hall–Kier alpha value is -4.53. The maximum Gasteiger partial charge on any atom is 0.407 e. The van der Waals surface area contributed by atoms with E-state index in [4.69, 9.17) is 9.52 Å². The molecule has 0 spiro atoms. The van der Waals surface area contributed by atoms with Gasteiger partial charge in [-0.2, -0.15) is 5.10 Å². The molecule has 0 aliphatic carbocycles. The van der Waals surface area contributed by atoms with Gasteiger partial charge in [-0.1, -0.05) is 30.3 Å². The van der Waals surface area contributed by atoms with Gasteiger partial charge in [0.1, 0.15) is 23.6 Å². The Morgan fingerprint density at radius 2 is 1.83 bits per heavy atom. The average Bonchev–Trinajstić information content (AvgIpc) is 3.61. The van der Waals surface area contributed by atoms with Crippen molar-refractivity contribution in [3.63, 3.8) is 0 Å². The van der Waals surface area contributed by atoms with E-state index in [1.807, 2.05) is 49.5 Å². The molecule has 1 aliphatic heterocycles. The number of aromatic nitrogens is 4. The molecule has 3 aromatic heterocycles. The van der Waals surface area contributed by atoms with Crippen LogP contribution in [0.4, 0.5) is 9.18 Å². The van der Waals surface area contributed by atoms with Crippen molar-refractivity contribution in [1.82, 2.24) is 24.6 Å². The number of benzene rings is 2. The molecule has 2 aromatic carbocycles. The molecule has 180 valence electrons. The van der Waals surface area contributed by atoms with Gasteiger partial charge >= 0.3 is 6.09 Å². The lowest BCUT2D eigenvalue weighted by Gasteiger charge is -2.16. The van der Waals surface area contributed by atoms with E-state index >= 15 is 0 Å². The first-order valence-corrected chi connectivity index (χ1v) is 11.6. The smallest absolute Gasteiger partial charge is 0.407 e.